The topological polar surface area (TPSA) is 54.3 Å². The van der Waals surface area contributed by atoms with Gasteiger partial charge in [0.05, 0.1) is 6.54 Å². The molecular formula is C24H27N3O2S. The van der Waals surface area contributed by atoms with Crippen LogP contribution in [0.5, 0.6) is 0 Å². The highest BCUT2D eigenvalue weighted by atomic mass is 32.1. The van der Waals surface area contributed by atoms with Crippen LogP contribution in [0.2, 0.25) is 0 Å². The van der Waals surface area contributed by atoms with E-state index in [-0.39, 0.29) is 17.9 Å². The molecule has 3 heterocycles. The average Bonchev–Trinajstić information content (AvgIpc) is 3.47. The van der Waals surface area contributed by atoms with Crippen LogP contribution < -0.4 is 10.2 Å². The number of aromatic nitrogens is 1. The summed E-state index contributed by atoms with van der Waals surface area (Å²) in [7, 11) is 0. The molecule has 1 unspecified atom stereocenters. The Hall–Kier alpha value is -2.60. The van der Waals surface area contributed by atoms with Crippen LogP contribution in [-0.2, 0) is 17.8 Å². The highest BCUT2D eigenvalue weighted by molar-refractivity contribution is 7.16. The Morgan fingerprint density at radius 3 is 2.63 bits per heavy atom. The Balaban J connectivity index is 1.60. The van der Waals surface area contributed by atoms with Crippen LogP contribution in [-0.4, -0.2) is 28.0 Å². The highest BCUT2D eigenvalue weighted by Gasteiger charge is 2.49. The van der Waals surface area contributed by atoms with Crippen molar-refractivity contribution >= 4 is 39.1 Å². The molecule has 1 atom stereocenters. The Bertz CT molecular complexity index is 1110. The van der Waals surface area contributed by atoms with Crippen molar-refractivity contribution in [2.24, 2.45) is 0 Å². The predicted octanol–water partition coefficient (Wildman–Crippen LogP) is 4.74. The standard InChI is InChI=1S/C24H27N3O2S/c1-3-16-8-10-19(11-9-16)27-21(28)20-14-17-12-13-30-22(17)26(20)15-24(27,2)23(29)25-18-6-4-5-7-18/h8-14,18H,3-7,15H2,1-2H3,(H,25,29). The summed E-state index contributed by atoms with van der Waals surface area (Å²) in [5.74, 6) is -0.177. The molecule has 2 amide bonds. The molecule has 3 aromatic rings. The van der Waals surface area contributed by atoms with Gasteiger partial charge in [0.2, 0.25) is 5.91 Å². The van der Waals surface area contributed by atoms with E-state index in [1.807, 2.05) is 53.3 Å². The summed E-state index contributed by atoms with van der Waals surface area (Å²) in [4.78, 5) is 30.1. The minimum atomic E-state index is -0.990. The van der Waals surface area contributed by atoms with Crippen LogP contribution in [0.3, 0.4) is 0 Å². The van der Waals surface area contributed by atoms with Gasteiger partial charge in [0.25, 0.3) is 5.91 Å². The maximum absolute atomic E-state index is 13.7. The van der Waals surface area contributed by atoms with Crippen molar-refractivity contribution in [2.45, 2.75) is 64.1 Å². The van der Waals surface area contributed by atoms with Crippen LogP contribution >= 0.6 is 11.3 Å². The molecule has 5 nitrogen and oxygen atoms in total. The minimum absolute atomic E-state index is 0.0635. The van der Waals surface area contributed by atoms with E-state index in [0.717, 1.165) is 48.0 Å². The lowest BCUT2D eigenvalue weighted by molar-refractivity contribution is -0.127. The fraction of sp³-hybridized carbons (Fsp3) is 0.417. The van der Waals surface area contributed by atoms with Crippen molar-refractivity contribution in [2.75, 3.05) is 4.90 Å². The lowest BCUT2D eigenvalue weighted by Gasteiger charge is -2.44. The van der Waals surface area contributed by atoms with Crippen molar-refractivity contribution in [3.05, 3.63) is 53.0 Å². The van der Waals surface area contributed by atoms with E-state index in [0.29, 0.717) is 12.2 Å². The van der Waals surface area contributed by atoms with Crippen molar-refractivity contribution in [1.82, 2.24) is 9.88 Å². The maximum atomic E-state index is 13.7. The molecule has 2 aromatic heterocycles. The summed E-state index contributed by atoms with van der Waals surface area (Å²) < 4.78 is 2.04. The molecule has 1 N–H and O–H groups in total. The molecule has 30 heavy (non-hydrogen) atoms. The lowest BCUT2D eigenvalue weighted by atomic mass is 9.93. The Morgan fingerprint density at radius 2 is 1.93 bits per heavy atom. The number of rotatable bonds is 4. The third-order valence-electron chi connectivity index (χ3n) is 6.67. The second-order valence-corrected chi connectivity index (χ2v) is 9.58. The highest BCUT2D eigenvalue weighted by Crippen LogP contribution is 2.37. The number of carbonyl (C=O) groups excluding carboxylic acids is 2. The van der Waals surface area contributed by atoms with Crippen molar-refractivity contribution in [3.63, 3.8) is 0 Å². The number of hydrogen-bond acceptors (Lipinski definition) is 3. The first-order chi connectivity index (χ1) is 14.5. The van der Waals surface area contributed by atoms with Crippen LogP contribution in [0, 0.1) is 0 Å². The van der Waals surface area contributed by atoms with Gasteiger partial charge >= 0.3 is 0 Å². The zero-order valence-electron chi connectivity index (χ0n) is 17.5. The van der Waals surface area contributed by atoms with E-state index in [4.69, 9.17) is 0 Å². The van der Waals surface area contributed by atoms with Gasteiger partial charge in [-0.15, -0.1) is 11.3 Å². The second-order valence-electron chi connectivity index (χ2n) is 8.69. The van der Waals surface area contributed by atoms with E-state index in [1.165, 1.54) is 5.56 Å². The largest absolute Gasteiger partial charge is 0.351 e. The average molecular weight is 422 g/mol. The number of carbonyl (C=O) groups is 2. The van der Waals surface area contributed by atoms with Crippen molar-refractivity contribution in [1.29, 1.82) is 0 Å². The molecule has 6 heteroatoms. The Kier molecular flexibility index (Phi) is 4.69. The van der Waals surface area contributed by atoms with E-state index in [1.54, 1.807) is 16.2 Å². The van der Waals surface area contributed by atoms with Crippen LogP contribution in [0.25, 0.3) is 10.2 Å². The third-order valence-corrected chi connectivity index (χ3v) is 7.62. The Morgan fingerprint density at radius 1 is 1.20 bits per heavy atom. The normalized spacial score (nSPS) is 21.9. The zero-order chi connectivity index (χ0) is 20.9. The number of nitrogens with one attached hydrogen (secondary N) is 1. The first kappa shape index (κ1) is 19.4. The molecular weight excluding hydrogens is 394 g/mol. The number of anilines is 1. The Labute approximate surface area is 180 Å². The summed E-state index contributed by atoms with van der Waals surface area (Å²) in [5, 5.41) is 6.35. The smallest absolute Gasteiger partial charge is 0.275 e. The van der Waals surface area contributed by atoms with E-state index in [2.05, 4.69) is 12.2 Å². The third kappa shape index (κ3) is 2.97. The molecule has 0 radical (unpaired) electrons. The van der Waals surface area contributed by atoms with Crippen molar-refractivity contribution in [3.8, 4) is 0 Å². The number of fused-ring (bicyclic) bond motifs is 3. The first-order valence-electron chi connectivity index (χ1n) is 10.8. The first-order valence-corrected chi connectivity index (χ1v) is 11.7. The molecule has 1 aliphatic carbocycles. The molecule has 1 saturated carbocycles. The van der Waals surface area contributed by atoms with E-state index >= 15 is 0 Å². The summed E-state index contributed by atoms with van der Waals surface area (Å²) in [6.45, 7) is 4.47. The second kappa shape index (κ2) is 7.27. The van der Waals surface area contributed by atoms with E-state index in [9.17, 15) is 9.59 Å². The predicted molar refractivity (Wildman–Crippen MR) is 121 cm³/mol. The summed E-state index contributed by atoms with van der Waals surface area (Å²) >= 11 is 1.62. The molecule has 1 aromatic carbocycles. The van der Waals surface area contributed by atoms with Gasteiger partial charge in [0.1, 0.15) is 16.1 Å². The van der Waals surface area contributed by atoms with E-state index < -0.39 is 5.54 Å². The minimum Gasteiger partial charge on any atom is -0.351 e. The van der Waals surface area contributed by atoms with Gasteiger partial charge in [0.15, 0.2) is 0 Å². The fourth-order valence-corrected chi connectivity index (χ4v) is 5.79. The molecule has 1 fully saturated rings. The van der Waals surface area contributed by atoms with Gasteiger partial charge in [-0.05, 0) is 61.4 Å². The molecule has 1 aliphatic heterocycles. The molecule has 0 spiro atoms. The van der Waals surface area contributed by atoms with Gasteiger partial charge < -0.3 is 9.88 Å². The number of aryl methyl sites for hydroxylation is 1. The quantitative estimate of drug-likeness (QED) is 0.661. The van der Waals surface area contributed by atoms with Gasteiger partial charge in [-0.3, -0.25) is 14.5 Å². The van der Waals surface area contributed by atoms with Crippen LogP contribution in [0.4, 0.5) is 5.69 Å². The fourth-order valence-electron chi connectivity index (χ4n) is 4.89. The van der Waals surface area contributed by atoms with Crippen LogP contribution in [0.15, 0.2) is 41.8 Å². The van der Waals surface area contributed by atoms with Gasteiger partial charge in [0, 0.05) is 17.1 Å². The SMILES string of the molecule is CCc1ccc(N2C(=O)c3cc4ccsc4n3CC2(C)C(=O)NC2CCCC2)cc1. The molecule has 0 bridgehead atoms. The number of benzene rings is 1. The summed E-state index contributed by atoms with van der Waals surface area (Å²) in [5.41, 5.74) is 1.65. The van der Waals surface area contributed by atoms with Crippen molar-refractivity contribution < 1.29 is 9.59 Å². The van der Waals surface area contributed by atoms with Gasteiger partial charge in [-0.25, -0.2) is 0 Å². The number of thiophene rings is 1. The molecule has 5 rings (SSSR count). The lowest BCUT2D eigenvalue weighted by Crippen LogP contribution is -2.65. The maximum Gasteiger partial charge on any atom is 0.275 e. The number of nitrogens with zero attached hydrogens (tertiary/aromatic N) is 2. The number of amides is 2. The number of hydrogen-bond donors (Lipinski definition) is 1. The van der Waals surface area contributed by atoms with Gasteiger partial charge in [-0.1, -0.05) is 31.9 Å². The molecule has 156 valence electrons. The summed E-state index contributed by atoms with van der Waals surface area (Å²) in [6, 6.07) is 12.2. The van der Waals surface area contributed by atoms with Crippen LogP contribution in [0.1, 0.15) is 55.6 Å². The summed E-state index contributed by atoms with van der Waals surface area (Å²) in [6.07, 6.45) is 5.28. The molecule has 0 saturated heterocycles. The zero-order valence-corrected chi connectivity index (χ0v) is 18.3. The van der Waals surface area contributed by atoms with Gasteiger partial charge in [-0.2, -0.15) is 0 Å². The monoisotopic (exact) mass is 421 g/mol. The molecule has 2 aliphatic rings.